The number of nitrogens with two attached hydrogens (primary N) is 1. The van der Waals surface area contributed by atoms with Crippen LogP contribution in [0, 0.1) is 6.92 Å². The van der Waals surface area contributed by atoms with E-state index < -0.39 is 0 Å². The zero-order valence-electron chi connectivity index (χ0n) is 9.68. The summed E-state index contributed by atoms with van der Waals surface area (Å²) in [6.07, 6.45) is 3.21. The van der Waals surface area contributed by atoms with Gasteiger partial charge >= 0.3 is 0 Å². The Kier molecular flexibility index (Phi) is 3.09. The van der Waals surface area contributed by atoms with Gasteiger partial charge < -0.3 is 15.2 Å². The van der Waals surface area contributed by atoms with Crippen molar-refractivity contribution < 1.29 is 9.47 Å². The van der Waals surface area contributed by atoms with Gasteiger partial charge in [-0.3, -0.25) is 4.98 Å². The maximum absolute atomic E-state index is 5.70. The van der Waals surface area contributed by atoms with Gasteiger partial charge in [0.25, 0.3) is 0 Å². The number of hydrogen-bond donors (Lipinski definition) is 1. The molecule has 1 aromatic heterocycles. The zero-order valence-corrected chi connectivity index (χ0v) is 9.68. The smallest absolute Gasteiger partial charge is 0.237 e. The summed E-state index contributed by atoms with van der Waals surface area (Å²) in [5, 5.41) is 0. The molecule has 5 heteroatoms. The van der Waals surface area contributed by atoms with Crippen molar-refractivity contribution in [2.45, 2.75) is 6.92 Å². The van der Waals surface area contributed by atoms with Crippen LogP contribution in [0.2, 0.25) is 0 Å². The van der Waals surface area contributed by atoms with Crippen molar-refractivity contribution in [2.24, 2.45) is 0 Å². The summed E-state index contributed by atoms with van der Waals surface area (Å²) >= 11 is 0. The minimum absolute atomic E-state index is 0.433. The predicted molar refractivity (Wildman–Crippen MR) is 64.2 cm³/mol. The van der Waals surface area contributed by atoms with E-state index in [4.69, 9.17) is 15.2 Å². The number of anilines is 1. The molecule has 0 saturated heterocycles. The number of hydrogen-bond acceptors (Lipinski definition) is 5. The van der Waals surface area contributed by atoms with E-state index in [1.54, 1.807) is 37.7 Å². The monoisotopic (exact) mass is 231 g/mol. The summed E-state index contributed by atoms with van der Waals surface area (Å²) in [7, 11) is 1.56. The first-order valence-electron chi connectivity index (χ1n) is 5.09. The topological polar surface area (TPSA) is 70.3 Å². The molecule has 0 fully saturated rings. The van der Waals surface area contributed by atoms with Crippen molar-refractivity contribution in [2.75, 3.05) is 12.8 Å². The lowest BCUT2D eigenvalue weighted by Gasteiger charge is -2.08. The summed E-state index contributed by atoms with van der Waals surface area (Å²) in [5.41, 5.74) is 7.11. The lowest BCUT2D eigenvalue weighted by atomic mass is 10.3. The number of aromatic nitrogens is 2. The SMILES string of the molecule is COc1cc(Oc2cnc(C)cn2)ccc1N. The van der Waals surface area contributed by atoms with E-state index in [0.29, 0.717) is 23.1 Å². The average molecular weight is 231 g/mol. The number of methoxy groups -OCH3 is 1. The second kappa shape index (κ2) is 4.69. The molecule has 1 heterocycles. The number of nitrogens with zero attached hydrogens (tertiary/aromatic N) is 2. The molecule has 0 saturated carbocycles. The average Bonchev–Trinajstić information content (AvgIpc) is 2.34. The number of ether oxygens (including phenoxy) is 2. The second-order valence-corrected chi connectivity index (χ2v) is 3.50. The zero-order chi connectivity index (χ0) is 12.3. The lowest BCUT2D eigenvalue weighted by Crippen LogP contribution is -1.94. The molecular formula is C12H13N3O2. The fraction of sp³-hybridized carbons (Fsp3) is 0.167. The molecule has 17 heavy (non-hydrogen) atoms. The maximum atomic E-state index is 5.70. The van der Waals surface area contributed by atoms with Gasteiger partial charge in [-0.05, 0) is 19.1 Å². The van der Waals surface area contributed by atoms with Crippen LogP contribution in [0.3, 0.4) is 0 Å². The first-order chi connectivity index (χ1) is 8.19. The molecule has 0 aliphatic rings. The fourth-order valence-corrected chi connectivity index (χ4v) is 1.31. The first-order valence-corrected chi connectivity index (χ1v) is 5.09. The summed E-state index contributed by atoms with van der Waals surface area (Å²) in [4.78, 5) is 8.19. The van der Waals surface area contributed by atoms with Crippen LogP contribution < -0.4 is 15.2 Å². The highest BCUT2D eigenvalue weighted by atomic mass is 16.5. The molecular weight excluding hydrogens is 218 g/mol. The van der Waals surface area contributed by atoms with Gasteiger partial charge in [0, 0.05) is 6.07 Å². The van der Waals surface area contributed by atoms with Gasteiger partial charge in [-0.25, -0.2) is 4.98 Å². The molecule has 0 aliphatic heterocycles. The molecule has 1 aromatic carbocycles. The van der Waals surface area contributed by atoms with E-state index >= 15 is 0 Å². The van der Waals surface area contributed by atoms with Crippen molar-refractivity contribution in [3.63, 3.8) is 0 Å². The van der Waals surface area contributed by atoms with Crippen LogP contribution in [0.1, 0.15) is 5.69 Å². The predicted octanol–water partition coefficient (Wildman–Crippen LogP) is 2.17. The number of rotatable bonds is 3. The fourth-order valence-electron chi connectivity index (χ4n) is 1.31. The third-order valence-corrected chi connectivity index (χ3v) is 2.18. The molecule has 5 nitrogen and oxygen atoms in total. The van der Waals surface area contributed by atoms with Gasteiger partial charge in [0.15, 0.2) is 0 Å². The normalized spacial score (nSPS) is 10.0. The second-order valence-electron chi connectivity index (χ2n) is 3.50. The maximum Gasteiger partial charge on any atom is 0.237 e. The molecule has 2 aromatic rings. The van der Waals surface area contributed by atoms with E-state index in [1.165, 1.54) is 0 Å². The summed E-state index contributed by atoms with van der Waals surface area (Å²) in [6.45, 7) is 1.86. The van der Waals surface area contributed by atoms with Crippen LogP contribution in [0.5, 0.6) is 17.4 Å². The van der Waals surface area contributed by atoms with Gasteiger partial charge in [-0.2, -0.15) is 0 Å². The van der Waals surface area contributed by atoms with Crippen molar-refractivity contribution in [3.8, 4) is 17.4 Å². The van der Waals surface area contributed by atoms with Crippen LogP contribution >= 0.6 is 0 Å². The molecule has 88 valence electrons. The molecule has 2 N–H and O–H groups in total. The van der Waals surface area contributed by atoms with Gasteiger partial charge in [0.05, 0.1) is 30.9 Å². The summed E-state index contributed by atoms with van der Waals surface area (Å²) < 4.78 is 10.6. The molecule has 0 bridgehead atoms. The van der Waals surface area contributed by atoms with E-state index in [9.17, 15) is 0 Å². The van der Waals surface area contributed by atoms with E-state index in [1.807, 2.05) is 6.92 Å². The van der Waals surface area contributed by atoms with Gasteiger partial charge in [-0.15, -0.1) is 0 Å². The van der Waals surface area contributed by atoms with Crippen molar-refractivity contribution in [1.29, 1.82) is 0 Å². The van der Waals surface area contributed by atoms with Crippen LogP contribution in [0.15, 0.2) is 30.6 Å². The lowest BCUT2D eigenvalue weighted by molar-refractivity contribution is 0.409. The molecule has 0 unspecified atom stereocenters. The Balaban J connectivity index is 2.21. The summed E-state index contributed by atoms with van der Waals surface area (Å²) in [5.74, 6) is 1.61. The van der Waals surface area contributed by atoms with Crippen LogP contribution in [0.4, 0.5) is 5.69 Å². The van der Waals surface area contributed by atoms with Crippen molar-refractivity contribution >= 4 is 5.69 Å². The molecule has 0 amide bonds. The van der Waals surface area contributed by atoms with E-state index in [-0.39, 0.29) is 0 Å². The Morgan fingerprint density at radius 2 is 2.00 bits per heavy atom. The van der Waals surface area contributed by atoms with Crippen LogP contribution in [0.25, 0.3) is 0 Å². The van der Waals surface area contributed by atoms with Gasteiger partial charge in [0.2, 0.25) is 5.88 Å². The Morgan fingerprint density at radius 3 is 2.65 bits per heavy atom. The number of aryl methyl sites for hydroxylation is 1. The third-order valence-electron chi connectivity index (χ3n) is 2.18. The Morgan fingerprint density at radius 1 is 1.18 bits per heavy atom. The van der Waals surface area contributed by atoms with E-state index in [2.05, 4.69) is 9.97 Å². The highest BCUT2D eigenvalue weighted by Crippen LogP contribution is 2.28. The van der Waals surface area contributed by atoms with Crippen LogP contribution in [-0.2, 0) is 0 Å². The number of nitrogen functional groups attached to an aromatic ring is 1. The largest absolute Gasteiger partial charge is 0.494 e. The Bertz CT molecular complexity index is 512. The highest BCUT2D eigenvalue weighted by Gasteiger charge is 2.03. The van der Waals surface area contributed by atoms with Crippen LogP contribution in [-0.4, -0.2) is 17.1 Å². The molecule has 0 atom stereocenters. The molecule has 2 rings (SSSR count). The molecule has 0 radical (unpaired) electrons. The number of benzene rings is 1. The Labute approximate surface area is 99.2 Å². The Hall–Kier alpha value is -2.30. The first kappa shape index (κ1) is 11.2. The minimum Gasteiger partial charge on any atom is -0.494 e. The minimum atomic E-state index is 0.433. The quantitative estimate of drug-likeness (QED) is 0.820. The third kappa shape index (κ3) is 2.63. The molecule has 0 aliphatic carbocycles. The molecule has 0 spiro atoms. The van der Waals surface area contributed by atoms with Gasteiger partial charge in [-0.1, -0.05) is 0 Å². The summed E-state index contributed by atoms with van der Waals surface area (Å²) in [6, 6.07) is 5.17. The van der Waals surface area contributed by atoms with Crippen molar-refractivity contribution in [3.05, 3.63) is 36.3 Å². The van der Waals surface area contributed by atoms with Crippen molar-refractivity contribution in [1.82, 2.24) is 9.97 Å². The van der Waals surface area contributed by atoms with E-state index in [0.717, 1.165) is 5.69 Å². The standard InChI is InChI=1S/C12H13N3O2/c1-8-6-15-12(7-14-8)17-9-3-4-10(13)11(5-9)16-2/h3-7H,13H2,1-2H3. The van der Waals surface area contributed by atoms with Gasteiger partial charge in [0.1, 0.15) is 11.5 Å². The highest BCUT2D eigenvalue weighted by molar-refractivity contribution is 5.55.